The summed E-state index contributed by atoms with van der Waals surface area (Å²) in [5, 5.41) is 29.9. The lowest BCUT2D eigenvalue weighted by Crippen LogP contribution is -2.18. The summed E-state index contributed by atoms with van der Waals surface area (Å²) in [7, 11) is 0. The van der Waals surface area contributed by atoms with Crippen LogP contribution in [0.25, 0.3) is 0 Å². The minimum absolute atomic E-state index is 0.0118. The highest BCUT2D eigenvalue weighted by Gasteiger charge is 2.21. The van der Waals surface area contributed by atoms with E-state index in [2.05, 4.69) is 0 Å². The molecule has 0 fully saturated rings. The van der Waals surface area contributed by atoms with Gasteiger partial charge in [0.25, 0.3) is 5.69 Å². The molecule has 0 saturated heterocycles. The average molecular weight is 261 g/mol. The van der Waals surface area contributed by atoms with E-state index < -0.39 is 17.1 Å². The minimum atomic E-state index is -1.21. The molecule has 1 rings (SSSR count). The lowest BCUT2D eigenvalue weighted by Gasteiger charge is -2.17. The van der Waals surface area contributed by atoms with Crippen molar-refractivity contribution >= 4 is 23.0 Å². The van der Waals surface area contributed by atoms with Gasteiger partial charge in [-0.1, -0.05) is 6.07 Å². The van der Waals surface area contributed by atoms with Gasteiger partial charge in [0.1, 0.15) is 11.8 Å². The van der Waals surface area contributed by atoms with Crippen LogP contribution in [0.2, 0.25) is 0 Å². The fraction of sp³-hybridized carbons (Fsp3) is 0.400. The van der Waals surface area contributed by atoms with Crippen LogP contribution in [-0.4, -0.2) is 27.1 Å². The van der Waals surface area contributed by atoms with Crippen LogP contribution < -0.4 is 5.73 Å². The maximum atomic E-state index is 10.7. The number of aliphatic hydroxyl groups excluding tert-OH is 2. The third-order valence-corrected chi connectivity index (χ3v) is 2.58. The fourth-order valence-electron chi connectivity index (χ4n) is 1.39. The van der Waals surface area contributed by atoms with Gasteiger partial charge in [-0.3, -0.25) is 10.1 Å². The van der Waals surface area contributed by atoms with Gasteiger partial charge in [-0.2, -0.15) is 0 Å². The Balaban J connectivity index is 2.99. The van der Waals surface area contributed by atoms with Crippen LogP contribution in [0.5, 0.6) is 0 Å². The highest BCUT2D eigenvalue weighted by molar-refractivity contribution is 6.17. The summed E-state index contributed by atoms with van der Waals surface area (Å²) in [5.41, 5.74) is 5.38. The molecule has 2 unspecified atom stereocenters. The standard InChI is InChI=1S/C10H13ClN2O4/c11-4-3-9(14)10(15)6-1-2-7(12)8(5-6)13(16)17/h1-2,5,9-10,14-15H,3-4,12H2. The van der Waals surface area contributed by atoms with E-state index in [1.807, 2.05) is 0 Å². The van der Waals surface area contributed by atoms with Crippen LogP contribution in [-0.2, 0) is 0 Å². The number of nitrogen functional groups attached to an aromatic ring is 1. The van der Waals surface area contributed by atoms with Crippen LogP contribution in [0.15, 0.2) is 18.2 Å². The number of hydrogen-bond acceptors (Lipinski definition) is 5. The number of nitro benzene ring substituents is 1. The molecule has 4 N–H and O–H groups in total. The lowest BCUT2D eigenvalue weighted by atomic mass is 10.0. The molecule has 7 heteroatoms. The van der Waals surface area contributed by atoms with Crippen molar-refractivity contribution in [3.05, 3.63) is 33.9 Å². The van der Waals surface area contributed by atoms with Crippen LogP contribution in [0, 0.1) is 10.1 Å². The van der Waals surface area contributed by atoms with E-state index in [0.29, 0.717) is 0 Å². The Labute approximate surface area is 103 Å². The average Bonchev–Trinajstić information content (AvgIpc) is 2.28. The van der Waals surface area contributed by atoms with Gasteiger partial charge in [-0.15, -0.1) is 11.6 Å². The number of nitrogens with zero attached hydrogens (tertiary/aromatic N) is 1. The molecule has 17 heavy (non-hydrogen) atoms. The van der Waals surface area contributed by atoms with E-state index in [-0.39, 0.29) is 29.2 Å². The van der Waals surface area contributed by atoms with Crippen LogP contribution in [0.3, 0.4) is 0 Å². The normalized spacial score (nSPS) is 14.3. The predicted octanol–water partition coefficient (Wildman–Crippen LogP) is 1.20. The zero-order chi connectivity index (χ0) is 13.0. The maximum Gasteiger partial charge on any atom is 0.292 e. The van der Waals surface area contributed by atoms with E-state index in [4.69, 9.17) is 17.3 Å². The number of rotatable bonds is 5. The van der Waals surface area contributed by atoms with E-state index >= 15 is 0 Å². The van der Waals surface area contributed by atoms with Gasteiger partial charge in [0.05, 0.1) is 11.0 Å². The summed E-state index contributed by atoms with van der Waals surface area (Å²) in [6, 6.07) is 3.91. The summed E-state index contributed by atoms with van der Waals surface area (Å²) < 4.78 is 0. The highest BCUT2D eigenvalue weighted by atomic mass is 35.5. The first-order valence-corrected chi connectivity index (χ1v) is 5.46. The number of nitro groups is 1. The van der Waals surface area contributed by atoms with Crippen molar-refractivity contribution in [3.8, 4) is 0 Å². The summed E-state index contributed by atoms with van der Waals surface area (Å²) in [6.07, 6.45) is -2.08. The fourth-order valence-corrected chi connectivity index (χ4v) is 1.62. The lowest BCUT2D eigenvalue weighted by molar-refractivity contribution is -0.384. The molecule has 0 aliphatic heterocycles. The Hall–Kier alpha value is -1.37. The molecule has 0 heterocycles. The number of halogens is 1. The summed E-state index contributed by atoms with van der Waals surface area (Å²) >= 11 is 5.44. The zero-order valence-electron chi connectivity index (χ0n) is 8.91. The first-order chi connectivity index (χ1) is 7.97. The van der Waals surface area contributed by atoms with Gasteiger partial charge in [-0.05, 0) is 18.1 Å². The smallest absolute Gasteiger partial charge is 0.292 e. The Morgan fingerprint density at radius 1 is 1.47 bits per heavy atom. The van der Waals surface area contributed by atoms with Gasteiger partial charge < -0.3 is 15.9 Å². The van der Waals surface area contributed by atoms with Crippen molar-refractivity contribution in [1.82, 2.24) is 0 Å². The monoisotopic (exact) mass is 260 g/mol. The van der Waals surface area contributed by atoms with Gasteiger partial charge in [0, 0.05) is 11.9 Å². The molecule has 6 nitrogen and oxygen atoms in total. The van der Waals surface area contributed by atoms with Crippen molar-refractivity contribution in [3.63, 3.8) is 0 Å². The Bertz CT molecular complexity index is 413. The third-order valence-electron chi connectivity index (χ3n) is 2.36. The first-order valence-electron chi connectivity index (χ1n) is 4.93. The van der Waals surface area contributed by atoms with Gasteiger partial charge in [0.2, 0.25) is 0 Å². The van der Waals surface area contributed by atoms with Gasteiger partial charge in [-0.25, -0.2) is 0 Å². The van der Waals surface area contributed by atoms with E-state index in [1.54, 1.807) is 0 Å². The second kappa shape index (κ2) is 5.81. The minimum Gasteiger partial charge on any atom is -0.393 e. The van der Waals surface area contributed by atoms with Crippen molar-refractivity contribution in [2.45, 2.75) is 18.6 Å². The van der Waals surface area contributed by atoms with Crippen molar-refractivity contribution in [1.29, 1.82) is 0 Å². The molecule has 1 aromatic rings. The van der Waals surface area contributed by atoms with Gasteiger partial charge in [0.15, 0.2) is 0 Å². The Morgan fingerprint density at radius 3 is 2.65 bits per heavy atom. The van der Waals surface area contributed by atoms with E-state index in [9.17, 15) is 20.3 Å². The number of benzene rings is 1. The van der Waals surface area contributed by atoms with E-state index in [1.165, 1.54) is 12.1 Å². The van der Waals surface area contributed by atoms with Gasteiger partial charge >= 0.3 is 0 Å². The molecule has 0 aromatic heterocycles. The van der Waals surface area contributed by atoms with Crippen LogP contribution in [0.1, 0.15) is 18.1 Å². The first kappa shape index (κ1) is 13.7. The molecule has 0 aliphatic carbocycles. The van der Waals surface area contributed by atoms with Crippen molar-refractivity contribution in [2.75, 3.05) is 11.6 Å². The molecule has 0 radical (unpaired) electrons. The number of anilines is 1. The molecular weight excluding hydrogens is 248 g/mol. The largest absolute Gasteiger partial charge is 0.393 e. The summed E-state index contributed by atoms with van der Waals surface area (Å²) in [4.78, 5) is 10.0. The topological polar surface area (TPSA) is 110 Å². The molecule has 0 bridgehead atoms. The molecule has 0 amide bonds. The van der Waals surface area contributed by atoms with Crippen molar-refractivity contribution in [2.24, 2.45) is 0 Å². The Kier molecular flexibility index (Phi) is 4.68. The maximum absolute atomic E-state index is 10.7. The molecular formula is C10H13ClN2O4. The SMILES string of the molecule is Nc1ccc(C(O)C(O)CCCl)cc1[N+](=O)[O-]. The molecule has 1 aromatic carbocycles. The summed E-state index contributed by atoms with van der Waals surface area (Å²) in [5.74, 6) is 0.190. The predicted molar refractivity (Wildman–Crippen MR) is 63.8 cm³/mol. The summed E-state index contributed by atoms with van der Waals surface area (Å²) in [6.45, 7) is 0. The molecule has 0 aliphatic rings. The highest BCUT2D eigenvalue weighted by Crippen LogP contribution is 2.27. The van der Waals surface area contributed by atoms with E-state index in [0.717, 1.165) is 6.07 Å². The third kappa shape index (κ3) is 3.29. The molecule has 94 valence electrons. The number of nitrogens with two attached hydrogens (primary N) is 1. The van der Waals surface area contributed by atoms with Crippen LogP contribution in [0.4, 0.5) is 11.4 Å². The number of hydrogen-bond donors (Lipinski definition) is 3. The second-order valence-corrected chi connectivity index (χ2v) is 3.94. The van der Waals surface area contributed by atoms with Crippen molar-refractivity contribution < 1.29 is 15.1 Å². The zero-order valence-corrected chi connectivity index (χ0v) is 9.67. The Morgan fingerprint density at radius 2 is 2.12 bits per heavy atom. The van der Waals surface area contributed by atoms with Crippen LogP contribution >= 0.6 is 11.6 Å². The molecule has 0 saturated carbocycles. The second-order valence-electron chi connectivity index (χ2n) is 3.57. The quantitative estimate of drug-likeness (QED) is 0.319. The number of aliphatic hydroxyl groups is 2. The molecule has 0 spiro atoms. The molecule has 2 atom stereocenters. The number of alkyl halides is 1.